The first-order valence-corrected chi connectivity index (χ1v) is 8.34. The first-order chi connectivity index (χ1) is 9.29. The molecule has 0 amide bonds. The zero-order chi connectivity index (χ0) is 14.9. The summed E-state index contributed by atoms with van der Waals surface area (Å²) in [5, 5.41) is 13.5. The minimum Gasteiger partial charge on any atom is -0.388 e. The Kier molecular flexibility index (Phi) is 4.67. The lowest BCUT2D eigenvalue weighted by Crippen LogP contribution is -2.12. The summed E-state index contributed by atoms with van der Waals surface area (Å²) in [6.45, 7) is 8.48. The fourth-order valence-electron chi connectivity index (χ4n) is 2.01. The molecule has 2 nitrogen and oxygen atoms in total. The minimum absolute atomic E-state index is 0.0609. The van der Waals surface area contributed by atoms with Crippen LogP contribution in [0.15, 0.2) is 28.1 Å². The van der Waals surface area contributed by atoms with E-state index >= 15 is 0 Å². The lowest BCUT2D eigenvalue weighted by molar-refractivity contribution is 0.177. The van der Waals surface area contributed by atoms with E-state index < -0.39 is 6.10 Å². The molecule has 1 N–H and O–H groups in total. The average Bonchev–Trinajstić information content (AvgIpc) is 2.81. The maximum absolute atomic E-state index is 10.4. The summed E-state index contributed by atoms with van der Waals surface area (Å²) in [5.41, 5.74) is 3.21. The van der Waals surface area contributed by atoms with Crippen molar-refractivity contribution in [3.63, 3.8) is 0 Å². The molecule has 1 aromatic heterocycles. The number of halogens is 1. The van der Waals surface area contributed by atoms with E-state index in [9.17, 15) is 5.11 Å². The summed E-state index contributed by atoms with van der Waals surface area (Å²) in [7, 11) is 0. The van der Waals surface area contributed by atoms with Crippen LogP contribution in [0.4, 0.5) is 0 Å². The van der Waals surface area contributed by atoms with Crippen LogP contribution in [0.1, 0.15) is 48.7 Å². The molecule has 4 heteroatoms. The lowest BCUT2D eigenvalue weighted by atomic mass is 9.93. The van der Waals surface area contributed by atoms with Gasteiger partial charge in [0.2, 0.25) is 0 Å². The number of aromatic nitrogens is 1. The van der Waals surface area contributed by atoms with E-state index in [2.05, 4.69) is 47.1 Å². The average molecular weight is 354 g/mol. The van der Waals surface area contributed by atoms with E-state index in [1.54, 1.807) is 11.3 Å². The molecule has 0 spiro atoms. The van der Waals surface area contributed by atoms with Crippen LogP contribution < -0.4 is 0 Å². The van der Waals surface area contributed by atoms with Gasteiger partial charge in [-0.05, 0) is 24.1 Å². The number of hydrogen-bond acceptors (Lipinski definition) is 3. The van der Waals surface area contributed by atoms with Crippen molar-refractivity contribution in [2.75, 3.05) is 0 Å². The summed E-state index contributed by atoms with van der Waals surface area (Å²) in [6, 6.07) is 5.92. The Labute approximate surface area is 133 Å². The number of rotatable bonds is 3. The number of aliphatic hydroxyl groups excluding tert-OH is 1. The van der Waals surface area contributed by atoms with Crippen LogP contribution >= 0.6 is 27.3 Å². The van der Waals surface area contributed by atoms with Gasteiger partial charge >= 0.3 is 0 Å². The first-order valence-electron chi connectivity index (χ1n) is 6.67. The minimum atomic E-state index is -0.508. The molecular weight excluding hydrogens is 334 g/mol. The van der Waals surface area contributed by atoms with Crippen molar-refractivity contribution in [1.29, 1.82) is 0 Å². The zero-order valence-corrected chi connectivity index (χ0v) is 14.7. The Morgan fingerprint density at radius 3 is 2.65 bits per heavy atom. The molecule has 2 rings (SSSR count). The van der Waals surface area contributed by atoms with Gasteiger partial charge in [0.25, 0.3) is 0 Å². The fraction of sp³-hybridized carbons (Fsp3) is 0.438. The van der Waals surface area contributed by atoms with Crippen LogP contribution in [0.2, 0.25) is 0 Å². The molecule has 0 saturated heterocycles. The van der Waals surface area contributed by atoms with Crippen molar-refractivity contribution in [2.45, 2.75) is 45.6 Å². The molecule has 1 heterocycles. The molecule has 108 valence electrons. The van der Waals surface area contributed by atoms with Gasteiger partial charge in [0.05, 0.1) is 16.8 Å². The third kappa shape index (κ3) is 3.48. The molecule has 0 aliphatic heterocycles. The molecule has 0 radical (unpaired) electrons. The smallest absolute Gasteiger partial charge is 0.0957 e. The molecule has 1 unspecified atom stereocenters. The molecular formula is C16H20BrNOS. The molecule has 0 fully saturated rings. The highest BCUT2D eigenvalue weighted by Gasteiger charge is 2.19. The van der Waals surface area contributed by atoms with Gasteiger partial charge in [-0.15, -0.1) is 11.3 Å². The second kappa shape index (κ2) is 5.96. The van der Waals surface area contributed by atoms with Gasteiger partial charge in [-0.25, -0.2) is 4.98 Å². The largest absolute Gasteiger partial charge is 0.388 e. The summed E-state index contributed by atoms with van der Waals surface area (Å²) < 4.78 is 1.03. The summed E-state index contributed by atoms with van der Waals surface area (Å²) in [5.74, 6) is 0. The Hall–Kier alpha value is -0.710. The molecule has 0 aliphatic rings. The second-order valence-electron chi connectivity index (χ2n) is 6.05. The first kappa shape index (κ1) is 15.7. The highest BCUT2D eigenvalue weighted by Crippen LogP contribution is 2.29. The van der Waals surface area contributed by atoms with Crippen LogP contribution in [-0.2, 0) is 11.8 Å². The van der Waals surface area contributed by atoms with Crippen molar-refractivity contribution in [3.05, 3.63) is 49.9 Å². The van der Waals surface area contributed by atoms with Gasteiger partial charge in [0.1, 0.15) is 0 Å². The van der Waals surface area contributed by atoms with Crippen LogP contribution in [0.25, 0.3) is 0 Å². The highest BCUT2D eigenvalue weighted by molar-refractivity contribution is 9.10. The molecule has 1 atom stereocenters. The quantitative estimate of drug-likeness (QED) is 0.860. The van der Waals surface area contributed by atoms with Crippen LogP contribution in [0.5, 0.6) is 0 Å². The van der Waals surface area contributed by atoms with Crippen molar-refractivity contribution in [3.8, 4) is 0 Å². The Morgan fingerprint density at radius 1 is 1.35 bits per heavy atom. The van der Waals surface area contributed by atoms with Crippen LogP contribution in [0, 0.1) is 6.92 Å². The Balaban J connectivity index is 2.18. The summed E-state index contributed by atoms with van der Waals surface area (Å²) >= 11 is 5.13. The normalized spacial score (nSPS) is 13.5. The Morgan fingerprint density at radius 2 is 2.05 bits per heavy atom. The SMILES string of the molecule is Cc1c(Br)cccc1C(O)Cc1nc(C(C)(C)C)cs1. The number of hydrogen-bond donors (Lipinski definition) is 1. The monoisotopic (exact) mass is 353 g/mol. The molecule has 0 saturated carbocycles. The molecule has 1 aromatic carbocycles. The second-order valence-corrected chi connectivity index (χ2v) is 7.85. The van der Waals surface area contributed by atoms with Gasteiger partial charge in [-0.3, -0.25) is 0 Å². The molecule has 0 bridgehead atoms. The van der Waals surface area contributed by atoms with Crippen molar-refractivity contribution < 1.29 is 5.11 Å². The third-order valence-corrected chi connectivity index (χ3v) is 5.09. The van der Waals surface area contributed by atoms with Crippen molar-refractivity contribution in [2.24, 2.45) is 0 Å². The van der Waals surface area contributed by atoms with Gasteiger partial charge in [-0.1, -0.05) is 48.8 Å². The predicted octanol–water partition coefficient (Wildman–Crippen LogP) is 4.79. The standard InChI is InChI=1S/C16H20BrNOS/c1-10-11(6-5-7-12(10)17)13(19)8-15-18-14(9-20-15)16(2,3)4/h5-7,9,13,19H,8H2,1-4H3. The Bertz CT molecular complexity index is 601. The van der Waals surface area contributed by atoms with Crippen LogP contribution in [-0.4, -0.2) is 10.1 Å². The lowest BCUT2D eigenvalue weighted by Gasteiger charge is -2.15. The van der Waals surface area contributed by atoms with Crippen molar-refractivity contribution in [1.82, 2.24) is 4.98 Å². The predicted molar refractivity (Wildman–Crippen MR) is 88.4 cm³/mol. The summed E-state index contributed by atoms with van der Waals surface area (Å²) in [4.78, 5) is 4.65. The summed E-state index contributed by atoms with van der Waals surface area (Å²) in [6.07, 6.45) is 0.0596. The van der Waals surface area contributed by atoms with Crippen molar-refractivity contribution >= 4 is 27.3 Å². The van der Waals surface area contributed by atoms with E-state index in [-0.39, 0.29) is 5.41 Å². The van der Waals surface area contributed by atoms with E-state index in [1.165, 1.54) is 0 Å². The van der Waals surface area contributed by atoms with E-state index in [0.717, 1.165) is 26.3 Å². The van der Waals surface area contributed by atoms with E-state index in [1.807, 2.05) is 25.1 Å². The van der Waals surface area contributed by atoms with Gasteiger partial charge in [0.15, 0.2) is 0 Å². The number of aliphatic hydroxyl groups is 1. The number of benzene rings is 1. The molecule has 0 aliphatic carbocycles. The fourth-order valence-corrected chi connectivity index (χ4v) is 3.45. The van der Waals surface area contributed by atoms with Gasteiger partial charge < -0.3 is 5.11 Å². The van der Waals surface area contributed by atoms with Gasteiger partial charge in [0, 0.05) is 21.7 Å². The highest BCUT2D eigenvalue weighted by atomic mass is 79.9. The molecule has 2 aromatic rings. The van der Waals surface area contributed by atoms with E-state index in [0.29, 0.717) is 6.42 Å². The zero-order valence-electron chi connectivity index (χ0n) is 12.3. The number of thiazole rings is 1. The molecule has 20 heavy (non-hydrogen) atoms. The maximum atomic E-state index is 10.4. The van der Waals surface area contributed by atoms with Gasteiger partial charge in [-0.2, -0.15) is 0 Å². The van der Waals surface area contributed by atoms with E-state index in [4.69, 9.17) is 0 Å². The van der Waals surface area contributed by atoms with Crippen LogP contribution in [0.3, 0.4) is 0 Å². The number of nitrogens with zero attached hydrogens (tertiary/aromatic N) is 1. The maximum Gasteiger partial charge on any atom is 0.0957 e. The topological polar surface area (TPSA) is 33.1 Å². The third-order valence-electron chi connectivity index (χ3n) is 3.36.